The minimum atomic E-state index is -0.246. The average molecular weight is 396 g/mol. The molecule has 2 bridgehead atoms. The van der Waals surface area contributed by atoms with Gasteiger partial charge in [-0.3, -0.25) is 19.3 Å². The molecule has 5 nitrogen and oxygen atoms in total. The number of imide groups is 1. The van der Waals surface area contributed by atoms with Gasteiger partial charge < -0.3 is 4.98 Å². The standard InChI is InChI=1S/C20H16N2O3S2/c1-8-2-4-9(5-3-8)22-18(23)14-10-6-12(15(14)19(22)24)16-11(10)7-13-17(27-16)21-20(25)26-13/h2-5,7,10,12,14-16H,6H2,1H3,(H,21,25)/t10-,12-,14+,15-,16-/m1/s1. The van der Waals surface area contributed by atoms with Gasteiger partial charge in [-0.1, -0.05) is 46.4 Å². The summed E-state index contributed by atoms with van der Waals surface area (Å²) in [6.07, 6.45) is 3.00. The Kier molecular flexibility index (Phi) is 3.08. The minimum absolute atomic E-state index is 0.0467. The van der Waals surface area contributed by atoms with Gasteiger partial charge in [0.05, 0.1) is 27.4 Å². The number of thiazole rings is 1. The molecule has 2 saturated carbocycles. The summed E-state index contributed by atoms with van der Waals surface area (Å²) < 4.78 is 0. The number of hydrogen-bond donors (Lipinski definition) is 1. The predicted molar refractivity (Wildman–Crippen MR) is 105 cm³/mol. The number of H-pyrrole nitrogens is 1. The fourth-order valence-corrected chi connectivity index (χ4v) is 7.81. The topological polar surface area (TPSA) is 70.2 Å². The number of carbonyl (C=O) groups excluding carboxylic acids is 2. The van der Waals surface area contributed by atoms with Crippen LogP contribution in [0.1, 0.15) is 16.9 Å². The Morgan fingerprint density at radius 2 is 1.81 bits per heavy atom. The molecule has 3 fully saturated rings. The Morgan fingerprint density at radius 1 is 1.07 bits per heavy atom. The number of nitrogens with zero attached hydrogens (tertiary/aromatic N) is 1. The number of rotatable bonds is 1. The Hall–Kier alpha value is -2.12. The number of aromatic nitrogens is 1. The van der Waals surface area contributed by atoms with Crippen LogP contribution in [0.5, 0.6) is 0 Å². The largest absolute Gasteiger partial charge is 0.307 e. The van der Waals surface area contributed by atoms with E-state index in [4.69, 9.17) is 0 Å². The lowest BCUT2D eigenvalue weighted by molar-refractivity contribution is -0.123. The van der Waals surface area contributed by atoms with E-state index in [0.29, 0.717) is 5.69 Å². The number of aryl methyl sites for hydroxylation is 1. The second-order valence-electron chi connectivity index (χ2n) is 7.80. The first-order chi connectivity index (χ1) is 13.0. The van der Waals surface area contributed by atoms with Gasteiger partial charge in [-0.15, -0.1) is 0 Å². The van der Waals surface area contributed by atoms with Gasteiger partial charge in [0.1, 0.15) is 0 Å². The van der Waals surface area contributed by atoms with Crippen molar-refractivity contribution in [3.63, 3.8) is 0 Å². The fourth-order valence-electron chi connectivity index (χ4n) is 5.37. The van der Waals surface area contributed by atoms with Gasteiger partial charge in [0.15, 0.2) is 0 Å². The lowest BCUT2D eigenvalue weighted by Crippen LogP contribution is -2.34. The summed E-state index contributed by atoms with van der Waals surface area (Å²) in [6.45, 7) is 1.99. The summed E-state index contributed by atoms with van der Waals surface area (Å²) in [5.74, 6) is -0.298. The van der Waals surface area contributed by atoms with Gasteiger partial charge in [-0.2, -0.15) is 0 Å². The Morgan fingerprint density at radius 3 is 2.59 bits per heavy atom. The summed E-state index contributed by atoms with van der Waals surface area (Å²) in [6, 6.07) is 7.59. The second-order valence-corrected chi connectivity index (χ2v) is 9.96. The number of aromatic amines is 1. The zero-order valence-electron chi connectivity index (χ0n) is 14.5. The van der Waals surface area contributed by atoms with E-state index in [1.165, 1.54) is 21.8 Å². The molecule has 136 valence electrons. The number of thioether (sulfide) groups is 1. The van der Waals surface area contributed by atoms with E-state index in [0.717, 1.165) is 21.9 Å². The molecule has 1 aromatic carbocycles. The molecule has 0 radical (unpaired) electrons. The van der Waals surface area contributed by atoms with Gasteiger partial charge in [-0.25, -0.2) is 0 Å². The van der Waals surface area contributed by atoms with E-state index in [-0.39, 0.29) is 45.6 Å². The molecule has 3 heterocycles. The number of amides is 2. The van der Waals surface area contributed by atoms with Crippen LogP contribution in [-0.4, -0.2) is 22.0 Å². The Balaban J connectivity index is 1.41. The highest BCUT2D eigenvalue weighted by molar-refractivity contribution is 8.00. The van der Waals surface area contributed by atoms with Gasteiger partial charge in [0.2, 0.25) is 11.8 Å². The molecule has 1 aromatic heterocycles. The maximum absolute atomic E-state index is 13.2. The molecule has 2 aromatic rings. The minimum Gasteiger partial charge on any atom is -0.307 e. The van der Waals surface area contributed by atoms with Crippen LogP contribution in [0, 0.1) is 30.6 Å². The van der Waals surface area contributed by atoms with Crippen molar-refractivity contribution < 1.29 is 9.59 Å². The van der Waals surface area contributed by atoms with Gasteiger partial charge in [-0.05, 0) is 43.4 Å². The lowest BCUT2D eigenvalue weighted by atomic mass is 9.77. The summed E-state index contributed by atoms with van der Waals surface area (Å²) in [4.78, 5) is 43.4. The van der Waals surface area contributed by atoms with E-state index in [9.17, 15) is 14.4 Å². The van der Waals surface area contributed by atoms with E-state index in [1.807, 2.05) is 31.2 Å². The van der Waals surface area contributed by atoms with Crippen molar-refractivity contribution >= 4 is 46.7 Å². The van der Waals surface area contributed by atoms with E-state index in [2.05, 4.69) is 11.1 Å². The highest BCUT2D eigenvalue weighted by Crippen LogP contribution is 2.64. The molecule has 1 saturated heterocycles. The van der Waals surface area contributed by atoms with E-state index < -0.39 is 0 Å². The SMILES string of the molecule is Cc1ccc(N2C(=O)[C@@H]3[C@H]4C[C@H](C5=Cc6sc(=O)[nH]c6S[C@H]54)[C@@H]3C2=O)cc1. The van der Waals surface area contributed by atoms with Crippen LogP contribution in [0.15, 0.2) is 39.7 Å². The van der Waals surface area contributed by atoms with Crippen LogP contribution >= 0.6 is 23.1 Å². The molecular weight excluding hydrogens is 380 g/mol. The molecule has 2 amide bonds. The fraction of sp³-hybridized carbons (Fsp3) is 0.350. The van der Waals surface area contributed by atoms with Crippen LogP contribution in [-0.2, 0) is 9.59 Å². The first-order valence-electron chi connectivity index (χ1n) is 9.08. The van der Waals surface area contributed by atoms with Crippen molar-refractivity contribution in [1.29, 1.82) is 0 Å². The number of nitrogens with one attached hydrogen (secondary N) is 1. The lowest BCUT2D eigenvalue weighted by Gasteiger charge is -2.32. The van der Waals surface area contributed by atoms with E-state index >= 15 is 0 Å². The molecular formula is C20H16N2O3S2. The molecule has 7 heteroatoms. The van der Waals surface area contributed by atoms with E-state index in [1.54, 1.807) is 11.8 Å². The van der Waals surface area contributed by atoms with Crippen molar-refractivity contribution in [1.82, 2.24) is 4.98 Å². The zero-order valence-corrected chi connectivity index (χ0v) is 16.1. The molecule has 2 aliphatic carbocycles. The molecule has 5 atom stereocenters. The zero-order chi connectivity index (χ0) is 18.4. The van der Waals surface area contributed by atoms with Crippen LogP contribution in [0.3, 0.4) is 0 Å². The van der Waals surface area contributed by atoms with Crippen LogP contribution < -0.4 is 9.77 Å². The summed E-state index contributed by atoms with van der Waals surface area (Å²) in [5, 5.41) is 1.11. The summed E-state index contributed by atoms with van der Waals surface area (Å²) in [7, 11) is 0. The van der Waals surface area contributed by atoms with Gasteiger partial charge in [0, 0.05) is 5.25 Å². The predicted octanol–water partition coefficient (Wildman–Crippen LogP) is 3.06. The van der Waals surface area contributed by atoms with Crippen LogP contribution in [0.4, 0.5) is 5.69 Å². The van der Waals surface area contributed by atoms with Gasteiger partial charge >= 0.3 is 4.87 Å². The van der Waals surface area contributed by atoms with Crippen molar-refractivity contribution in [2.45, 2.75) is 23.6 Å². The average Bonchev–Trinajstić information content (AvgIpc) is 3.35. The second kappa shape index (κ2) is 5.23. The maximum Gasteiger partial charge on any atom is 0.305 e. The number of fused-ring (bicyclic) bond motifs is 9. The molecule has 27 heavy (non-hydrogen) atoms. The smallest absolute Gasteiger partial charge is 0.305 e. The highest BCUT2D eigenvalue weighted by Gasteiger charge is 2.66. The highest BCUT2D eigenvalue weighted by atomic mass is 32.2. The number of hydrogen-bond acceptors (Lipinski definition) is 5. The maximum atomic E-state index is 13.2. The normalized spacial score (nSPS) is 33.1. The Labute approximate surface area is 163 Å². The number of anilines is 1. The molecule has 1 N–H and O–H groups in total. The van der Waals surface area contributed by atoms with Crippen molar-refractivity contribution in [2.75, 3.05) is 4.90 Å². The Bertz CT molecular complexity index is 1100. The van der Waals surface area contributed by atoms with Crippen molar-refractivity contribution in [2.24, 2.45) is 23.7 Å². The first-order valence-corrected chi connectivity index (χ1v) is 10.8. The molecule has 2 aliphatic heterocycles. The van der Waals surface area contributed by atoms with Gasteiger partial charge in [0.25, 0.3) is 0 Å². The summed E-state index contributed by atoms with van der Waals surface area (Å²) >= 11 is 2.89. The third-order valence-electron chi connectivity index (χ3n) is 6.44. The third-order valence-corrected chi connectivity index (χ3v) is 8.83. The van der Waals surface area contributed by atoms with Crippen LogP contribution in [0.2, 0.25) is 0 Å². The molecule has 0 unspecified atom stereocenters. The van der Waals surface area contributed by atoms with Crippen molar-refractivity contribution in [3.05, 3.63) is 49.9 Å². The first kappa shape index (κ1) is 15.9. The third kappa shape index (κ3) is 1.99. The van der Waals surface area contributed by atoms with Crippen LogP contribution in [0.25, 0.3) is 6.08 Å². The molecule has 4 aliphatic rings. The molecule has 6 rings (SSSR count). The monoisotopic (exact) mass is 396 g/mol. The quantitative estimate of drug-likeness (QED) is 0.752. The molecule has 0 spiro atoms. The number of carbonyl (C=O) groups is 2. The summed E-state index contributed by atoms with van der Waals surface area (Å²) in [5.41, 5.74) is 3.03. The van der Waals surface area contributed by atoms with Crippen molar-refractivity contribution in [3.8, 4) is 0 Å². The number of benzene rings is 1.